The number of fused-ring (bicyclic) bond motifs is 1. The summed E-state index contributed by atoms with van der Waals surface area (Å²) in [5, 5.41) is 4.50. The molecule has 0 spiro atoms. The fraction of sp³-hybridized carbons (Fsp3) is 0.118. The number of ether oxygens (including phenoxy) is 1. The second kappa shape index (κ2) is 5.21. The summed E-state index contributed by atoms with van der Waals surface area (Å²) in [6.45, 7) is 2.00. The molecule has 0 saturated heterocycles. The van der Waals surface area contributed by atoms with Crippen molar-refractivity contribution in [1.29, 1.82) is 0 Å². The first kappa shape index (κ1) is 12.5. The molecule has 3 heteroatoms. The lowest BCUT2D eigenvalue weighted by Gasteiger charge is -2.11. The number of aryl methyl sites for hydroxylation is 1. The highest BCUT2D eigenvalue weighted by molar-refractivity contribution is 5.94. The van der Waals surface area contributed by atoms with E-state index >= 15 is 0 Å². The largest absolute Gasteiger partial charge is 0.497 e. The lowest BCUT2D eigenvalue weighted by atomic mass is 10.1. The number of nitrogens with zero attached hydrogens (tertiary/aromatic N) is 1. The van der Waals surface area contributed by atoms with Gasteiger partial charge in [0.05, 0.1) is 12.6 Å². The Hall–Kier alpha value is -2.55. The third-order valence-electron chi connectivity index (χ3n) is 3.20. The van der Waals surface area contributed by atoms with Gasteiger partial charge in [0.15, 0.2) is 0 Å². The van der Waals surface area contributed by atoms with Crippen LogP contribution >= 0.6 is 0 Å². The molecule has 0 atom stereocenters. The zero-order valence-electron chi connectivity index (χ0n) is 11.6. The van der Waals surface area contributed by atoms with Crippen LogP contribution in [0.3, 0.4) is 0 Å². The molecule has 3 aromatic rings. The third-order valence-corrected chi connectivity index (χ3v) is 3.20. The van der Waals surface area contributed by atoms with Crippen LogP contribution in [0.2, 0.25) is 0 Å². The number of pyridine rings is 1. The van der Waals surface area contributed by atoms with Crippen molar-refractivity contribution >= 4 is 22.3 Å². The molecule has 0 aliphatic rings. The number of aromatic nitrogens is 1. The van der Waals surface area contributed by atoms with Crippen LogP contribution in [0.5, 0.6) is 5.75 Å². The van der Waals surface area contributed by atoms with Crippen molar-refractivity contribution in [2.75, 3.05) is 12.4 Å². The van der Waals surface area contributed by atoms with Gasteiger partial charge in [0.1, 0.15) is 5.75 Å². The molecule has 0 aliphatic carbocycles. The highest BCUT2D eigenvalue weighted by Crippen LogP contribution is 2.29. The summed E-state index contributed by atoms with van der Waals surface area (Å²) >= 11 is 0. The summed E-state index contributed by atoms with van der Waals surface area (Å²) in [6, 6.07) is 18.1. The molecule has 3 rings (SSSR count). The van der Waals surface area contributed by atoms with E-state index in [9.17, 15) is 0 Å². The van der Waals surface area contributed by atoms with Crippen LogP contribution < -0.4 is 10.1 Å². The smallest absolute Gasteiger partial charge is 0.119 e. The number of anilines is 2. The molecule has 0 radical (unpaired) electrons. The number of methoxy groups -OCH3 is 1. The Balaban J connectivity index is 2.12. The summed E-state index contributed by atoms with van der Waals surface area (Å²) in [5.74, 6) is 0.833. The molecule has 0 saturated carbocycles. The summed E-state index contributed by atoms with van der Waals surface area (Å²) in [4.78, 5) is 4.56. The van der Waals surface area contributed by atoms with Gasteiger partial charge in [0.2, 0.25) is 0 Å². The highest BCUT2D eigenvalue weighted by atomic mass is 16.5. The molecule has 1 heterocycles. The van der Waals surface area contributed by atoms with E-state index in [-0.39, 0.29) is 0 Å². The van der Waals surface area contributed by atoms with E-state index in [0.29, 0.717) is 0 Å². The number of nitrogens with one attached hydrogen (secondary N) is 1. The average molecular weight is 264 g/mol. The van der Waals surface area contributed by atoms with Crippen LogP contribution in [-0.4, -0.2) is 12.1 Å². The van der Waals surface area contributed by atoms with Crippen molar-refractivity contribution in [2.24, 2.45) is 0 Å². The second-order valence-electron chi connectivity index (χ2n) is 4.69. The SMILES string of the molecule is COc1ccc2nc(C)cc(Nc3ccccc3)c2c1. The Kier molecular flexibility index (Phi) is 3.25. The van der Waals surface area contributed by atoms with E-state index in [1.807, 2.05) is 55.5 Å². The lowest BCUT2D eigenvalue weighted by Crippen LogP contribution is -1.95. The van der Waals surface area contributed by atoms with Crippen LogP contribution in [0.15, 0.2) is 54.6 Å². The molecule has 0 fully saturated rings. The summed E-state index contributed by atoms with van der Waals surface area (Å²) in [6.07, 6.45) is 0. The molecule has 3 nitrogen and oxygen atoms in total. The maximum absolute atomic E-state index is 5.30. The Labute approximate surface area is 118 Å². The van der Waals surface area contributed by atoms with Gasteiger partial charge < -0.3 is 10.1 Å². The predicted molar refractivity (Wildman–Crippen MR) is 82.8 cm³/mol. The number of rotatable bonds is 3. The van der Waals surface area contributed by atoms with Gasteiger partial charge in [-0.3, -0.25) is 4.98 Å². The zero-order valence-corrected chi connectivity index (χ0v) is 11.6. The van der Waals surface area contributed by atoms with Crippen LogP contribution in [0.25, 0.3) is 10.9 Å². The van der Waals surface area contributed by atoms with E-state index in [2.05, 4.69) is 16.4 Å². The van der Waals surface area contributed by atoms with E-state index in [4.69, 9.17) is 4.74 Å². The van der Waals surface area contributed by atoms with Gasteiger partial charge in [-0.2, -0.15) is 0 Å². The minimum Gasteiger partial charge on any atom is -0.497 e. The topological polar surface area (TPSA) is 34.1 Å². The highest BCUT2D eigenvalue weighted by Gasteiger charge is 2.06. The number of hydrogen-bond donors (Lipinski definition) is 1. The fourth-order valence-corrected chi connectivity index (χ4v) is 2.24. The first-order chi connectivity index (χ1) is 9.76. The van der Waals surface area contributed by atoms with Gasteiger partial charge in [-0.05, 0) is 43.3 Å². The Bertz CT molecular complexity index is 739. The molecular weight excluding hydrogens is 248 g/mol. The predicted octanol–water partition coefficient (Wildman–Crippen LogP) is 4.30. The maximum atomic E-state index is 5.30. The third kappa shape index (κ3) is 2.43. The van der Waals surface area contributed by atoms with Crippen molar-refractivity contribution in [2.45, 2.75) is 6.92 Å². The van der Waals surface area contributed by atoms with Gasteiger partial charge >= 0.3 is 0 Å². The summed E-state index contributed by atoms with van der Waals surface area (Å²) in [5.41, 5.74) is 4.05. The minimum atomic E-state index is 0.833. The summed E-state index contributed by atoms with van der Waals surface area (Å²) in [7, 11) is 1.67. The fourth-order valence-electron chi connectivity index (χ4n) is 2.24. The standard InChI is InChI=1S/C17H16N2O/c1-12-10-17(19-13-6-4-3-5-7-13)15-11-14(20-2)8-9-16(15)18-12/h3-11H,1-2H3,(H,18,19). The Morgan fingerprint density at radius 2 is 1.80 bits per heavy atom. The van der Waals surface area contributed by atoms with Gasteiger partial charge in [-0.1, -0.05) is 18.2 Å². The van der Waals surface area contributed by atoms with Crippen molar-refractivity contribution in [3.05, 3.63) is 60.3 Å². The Morgan fingerprint density at radius 3 is 2.55 bits per heavy atom. The van der Waals surface area contributed by atoms with Crippen molar-refractivity contribution in [1.82, 2.24) is 4.98 Å². The van der Waals surface area contributed by atoms with Crippen molar-refractivity contribution in [3.63, 3.8) is 0 Å². The number of para-hydroxylation sites is 1. The van der Waals surface area contributed by atoms with Crippen LogP contribution in [0.1, 0.15) is 5.69 Å². The van der Waals surface area contributed by atoms with Gasteiger partial charge in [-0.25, -0.2) is 0 Å². The first-order valence-corrected chi connectivity index (χ1v) is 6.54. The van der Waals surface area contributed by atoms with Crippen molar-refractivity contribution in [3.8, 4) is 5.75 Å². The normalized spacial score (nSPS) is 10.5. The van der Waals surface area contributed by atoms with Crippen LogP contribution in [-0.2, 0) is 0 Å². The van der Waals surface area contributed by atoms with Gasteiger partial charge in [0, 0.05) is 22.5 Å². The van der Waals surface area contributed by atoms with E-state index in [1.165, 1.54) is 0 Å². The minimum absolute atomic E-state index is 0.833. The average Bonchev–Trinajstić information content (AvgIpc) is 2.48. The summed E-state index contributed by atoms with van der Waals surface area (Å²) < 4.78 is 5.30. The quantitative estimate of drug-likeness (QED) is 0.766. The van der Waals surface area contributed by atoms with Gasteiger partial charge in [-0.15, -0.1) is 0 Å². The molecule has 2 aromatic carbocycles. The second-order valence-corrected chi connectivity index (χ2v) is 4.69. The van der Waals surface area contributed by atoms with E-state index in [1.54, 1.807) is 7.11 Å². The van der Waals surface area contributed by atoms with E-state index < -0.39 is 0 Å². The molecule has 1 aromatic heterocycles. The monoisotopic (exact) mass is 264 g/mol. The van der Waals surface area contributed by atoms with Crippen LogP contribution in [0.4, 0.5) is 11.4 Å². The Morgan fingerprint density at radius 1 is 1.00 bits per heavy atom. The number of hydrogen-bond acceptors (Lipinski definition) is 3. The zero-order chi connectivity index (χ0) is 13.9. The van der Waals surface area contributed by atoms with E-state index in [0.717, 1.165) is 33.7 Å². The molecule has 1 N–H and O–H groups in total. The lowest BCUT2D eigenvalue weighted by molar-refractivity contribution is 0.415. The number of benzene rings is 2. The molecule has 20 heavy (non-hydrogen) atoms. The molecule has 0 bridgehead atoms. The first-order valence-electron chi connectivity index (χ1n) is 6.54. The molecular formula is C17H16N2O. The molecule has 0 amide bonds. The van der Waals surface area contributed by atoms with Gasteiger partial charge in [0.25, 0.3) is 0 Å². The molecule has 100 valence electrons. The van der Waals surface area contributed by atoms with Crippen molar-refractivity contribution < 1.29 is 4.74 Å². The molecule has 0 aliphatic heterocycles. The van der Waals surface area contributed by atoms with Crippen LogP contribution in [0, 0.1) is 6.92 Å². The molecule has 0 unspecified atom stereocenters. The maximum Gasteiger partial charge on any atom is 0.119 e.